The Morgan fingerprint density at radius 3 is 2.56 bits per heavy atom. The van der Waals surface area contributed by atoms with Crippen molar-refractivity contribution < 1.29 is 9.53 Å². The number of nitrogens with one attached hydrogen (secondary N) is 1. The Bertz CT molecular complexity index is 985. The molecule has 1 aromatic carbocycles. The second kappa shape index (κ2) is 8.27. The summed E-state index contributed by atoms with van der Waals surface area (Å²) in [4.78, 5) is 29.7. The van der Waals surface area contributed by atoms with E-state index in [1.165, 1.54) is 4.68 Å². The summed E-state index contributed by atoms with van der Waals surface area (Å²) in [5, 5.41) is 7.44. The van der Waals surface area contributed by atoms with Gasteiger partial charge in [-0.2, -0.15) is 5.10 Å². The normalized spacial score (nSPS) is 10.4. The molecule has 7 nitrogen and oxygen atoms in total. The molecule has 0 radical (unpaired) electrons. The molecule has 3 aromatic rings. The molecule has 0 saturated heterocycles. The number of benzene rings is 1. The number of esters is 1. The molecule has 2 aromatic heterocycles. The van der Waals surface area contributed by atoms with E-state index in [2.05, 4.69) is 15.4 Å². The molecule has 0 aliphatic rings. The zero-order chi connectivity index (χ0) is 19.2. The van der Waals surface area contributed by atoms with E-state index < -0.39 is 11.5 Å². The van der Waals surface area contributed by atoms with Gasteiger partial charge in [-0.15, -0.1) is 0 Å². The van der Waals surface area contributed by atoms with Crippen molar-refractivity contribution >= 4 is 17.3 Å². The van der Waals surface area contributed by atoms with Crippen molar-refractivity contribution in [1.29, 1.82) is 0 Å². The smallest absolute Gasteiger partial charge is 0.342 e. The van der Waals surface area contributed by atoms with Gasteiger partial charge >= 0.3 is 5.97 Å². The zero-order valence-corrected chi connectivity index (χ0v) is 15.2. The van der Waals surface area contributed by atoms with E-state index in [4.69, 9.17) is 4.74 Å². The van der Waals surface area contributed by atoms with Crippen LogP contribution in [0.25, 0.3) is 11.3 Å². The van der Waals surface area contributed by atoms with Gasteiger partial charge in [-0.25, -0.2) is 9.48 Å². The van der Waals surface area contributed by atoms with Crippen molar-refractivity contribution in [1.82, 2.24) is 14.8 Å². The van der Waals surface area contributed by atoms with Crippen LogP contribution in [-0.2, 0) is 11.3 Å². The molecule has 0 amide bonds. The Kier molecular flexibility index (Phi) is 5.61. The predicted octanol–water partition coefficient (Wildman–Crippen LogP) is 3.25. The number of anilines is 2. The van der Waals surface area contributed by atoms with Crippen molar-refractivity contribution in [3.05, 3.63) is 70.8 Å². The average Bonchev–Trinajstić information content (AvgIpc) is 2.71. The Morgan fingerprint density at radius 2 is 1.93 bits per heavy atom. The van der Waals surface area contributed by atoms with E-state index in [-0.39, 0.29) is 17.9 Å². The highest BCUT2D eigenvalue weighted by atomic mass is 16.5. The van der Waals surface area contributed by atoms with Crippen LogP contribution in [0.3, 0.4) is 0 Å². The molecule has 1 N–H and O–H groups in total. The summed E-state index contributed by atoms with van der Waals surface area (Å²) < 4.78 is 6.54. The first kappa shape index (κ1) is 18.3. The van der Waals surface area contributed by atoms with Crippen LogP contribution in [0, 0.1) is 0 Å². The summed E-state index contributed by atoms with van der Waals surface area (Å²) in [7, 11) is 0. The van der Waals surface area contributed by atoms with E-state index in [9.17, 15) is 9.59 Å². The molecule has 27 heavy (non-hydrogen) atoms. The van der Waals surface area contributed by atoms with Gasteiger partial charge in [-0.1, -0.05) is 30.3 Å². The van der Waals surface area contributed by atoms with Gasteiger partial charge in [0.15, 0.2) is 0 Å². The molecule has 138 valence electrons. The molecular weight excluding hydrogens is 344 g/mol. The summed E-state index contributed by atoms with van der Waals surface area (Å²) >= 11 is 0. The minimum atomic E-state index is -0.601. The molecule has 0 unspecified atom stereocenters. The minimum Gasteiger partial charge on any atom is -0.462 e. The first-order valence-corrected chi connectivity index (χ1v) is 8.70. The second-order valence-corrected chi connectivity index (χ2v) is 5.67. The molecule has 0 spiro atoms. The third kappa shape index (κ3) is 3.87. The fraction of sp³-hybridized carbons (Fsp3) is 0.200. The number of nitrogens with zero attached hydrogens (tertiary/aromatic N) is 3. The number of carbonyl (C=O) groups excluding carboxylic acids is 1. The van der Waals surface area contributed by atoms with E-state index in [0.717, 1.165) is 5.56 Å². The molecule has 2 heterocycles. The van der Waals surface area contributed by atoms with Crippen LogP contribution >= 0.6 is 0 Å². The van der Waals surface area contributed by atoms with Gasteiger partial charge in [0.25, 0.3) is 5.56 Å². The van der Waals surface area contributed by atoms with Gasteiger partial charge in [0.1, 0.15) is 16.9 Å². The van der Waals surface area contributed by atoms with Crippen LogP contribution in [0.5, 0.6) is 0 Å². The van der Waals surface area contributed by atoms with Crippen LogP contribution in [0.4, 0.5) is 11.4 Å². The van der Waals surface area contributed by atoms with Gasteiger partial charge in [-0.3, -0.25) is 9.78 Å². The number of pyridine rings is 1. The van der Waals surface area contributed by atoms with Crippen molar-refractivity contribution in [3.8, 4) is 11.3 Å². The fourth-order valence-corrected chi connectivity index (χ4v) is 2.68. The number of carbonyl (C=O) groups is 1. The van der Waals surface area contributed by atoms with E-state index in [0.29, 0.717) is 17.9 Å². The Balaban J connectivity index is 2.28. The fourth-order valence-electron chi connectivity index (χ4n) is 2.68. The predicted molar refractivity (Wildman–Crippen MR) is 103 cm³/mol. The summed E-state index contributed by atoms with van der Waals surface area (Å²) in [5.74, 6) is -0.601. The maximum atomic E-state index is 12.9. The second-order valence-electron chi connectivity index (χ2n) is 5.67. The van der Waals surface area contributed by atoms with E-state index in [1.807, 2.05) is 37.3 Å². The molecule has 0 aliphatic carbocycles. The molecular formula is C20H20N4O3. The number of rotatable bonds is 6. The number of hydrogen-bond donors (Lipinski definition) is 1. The molecule has 0 atom stereocenters. The van der Waals surface area contributed by atoms with Gasteiger partial charge in [0, 0.05) is 18.3 Å². The summed E-state index contributed by atoms with van der Waals surface area (Å²) in [6.07, 6.45) is 3.21. The average molecular weight is 364 g/mol. The Morgan fingerprint density at radius 1 is 1.15 bits per heavy atom. The Hall–Kier alpha value is -3.48. The van der Waals surface area contributed by atoms with Crippen molar-refractivity contribution in [2.75, 3.05) is 11.9 Å². The minimum absolute atomic E-state index is 0.113. The number of hydrogen-bond acceptors (Lipinski definition) is 6. The summed E-state index contributed by atoms with van der Waals surface area (Å²) in [6, 6.07) is 12.7. The van der Waals surface area contributed by atoms with Gasteiger partial charge in [0.2, 0.25) is 0 Å². The Labute approximate surface area is 156 Å². The molecule has 0 saturated carbocycles. The number of ether oxygens (including phenoxy) is 1. The zero-order valence-electron chi connectivity index (χ0n) is 15.2. The first-order chi connectivity index (χ1) is 13.2. The van der Waals surface area contributed by atoms with E-state index >= 15 is 0 Å². The van der Waals surface area contributed by atoms with Crippen LogP contribution in [0.2, 0.25) is 0 Å². The third-order valence-electron chi connectivity index (χ3n) is 3.91. The van der Waals surface area contributed by atoms with Gasteiger partial charge in [-0.05, 0) is 26.0 Å². The van der Waals surface area contributed by atoms with Gasteiger partial charge < -0.3 is 10.1 Å². The third-order valence-corrected chi connectivity index (χ3v) is 3.91. The summed E-state index contributed by atoms with van der Waals surface area (Å²) in [5.41, 5.74) is 1.54. The summed E-state index contributed by atoms with van der Waals surface area (Å²) in [6.45, 7) is 4.09. The highest BCUT2D eigenvalue weighted by Crippen LogP contribution is 2.27. The highest BCUT2D eigenvalue weighted by Gasteiger charge is 2.25. The van der Waals surface area contributed by atoms with E-state index in [1.54, 1.807) is 31.5 Å². The first-order valence-electron chi connectivity index (χ1n) is 8.70. The maximum Gasteiger partial charge on any atom is 0.342 e. The lowest BCUT2D eigenvalue weighted by atomic mass is 10.0. The van der Waals surface area contributed by atoms with Crippen LogP contribution in [-0.4, -0.2) is 27.3 Å². The van der Waals surface area contributed by atoms with Crippen molar-refractivity contribution in [2.45, 2.75) is 20.4 Å². The highest BCUT2D eigenvalue weighted by molar-refractivity contribution is 6.02. The lowest BCUT2D eigenvalue weighted by Crippen LogP contribution is -2.29. The monoisotopic (exact) mass is 364 g/mol. The SMILES string of the molecule is CCOC(=O)c1c(-c2ccccc2)nn(CC)c(=O)c1Nc1cccnc1. The van der Waals surface area contributed by atoms with Crippen LogP contribution < -0.4 is 10.9 Å². The molecule has 0 bridgehead atoms. The topological polar surface area (TPSA) is 86.1 Å². The number of aromatic nitrogens is 3. The standard InChI is InChI=1S/C20H20N4O3/c1-3-24-19(25)18(22-15-11-8-12-21-13-15)16(20(26)27-4-2)17(23-24)14-9-6-5-7-10-14/h5-13,22H,3-4H2,1-2H3. The number of aryl methyl sites for hydroxylation is 1. The lowest BCUT2D eigenvalue weighted by Gasteiger charge is -2.16. The van der Waals surface area contributed by atoms with Crippen LogP contribution in [0.15, 0.2) is 59.7 Å². The molecule has 0 fully saturated rings. The maximum absolute atomic E-state index is 12.9. The van der Waals surface area contributed by atoms with Gasteiger partial charge in [0.05, 0.1) is 18.5 Å². The molecule has 3 rings (SSSR count). The molecule has 7 heteroatoms. The molecule has 0 aliphatic heterocycles. The van der Waals surface area contributed by atoms with Crippen molar-refractivity contribution in [3.63, 3.8) is 0 Å². The van der Waals surface area contributed by atoms with Crippen molar-refractivity contribution in [2.24, 2.45) is 0 Å². The van der Waals surface area contributed by atoms with Crippen LogP contribution in [0.1, 0.15) is 24.2 Å². The quantitative estimate of drug-likeness (QED) is 0.676. The largest absolute Gasteiger partial charge is 0.462 e. The lowest BCUT2D eigenvalue weighted by molar-refractivity contribution is 0.0527.